The second kappa shape index (κ2) is 5.81. The van der Waals surface area contributed by atoms with E-state index >= 15 is 0 Å². The number of ether oxygens (including phenoxy) is 1. The summed E-state index contributed by atoms with van der Waals surface area (Å²) in [6.45, 7) is 2.23. The third-order valence-corrected chi connectivity index (χ3v) is 2.37. The van der Waals surface area contributed by atoms with Crippen LogP contribution in [0.1, 0.15) is 11.4 Å². The van der Waals surface area contributed by atoms with Crippen LogP contribution < -0.4 is 10.1 Å². The third-order valence-electron chi connectivity index (χ3n) is 2.37. The molecule has 0 unspecified atom stereocenters. The minimum Gasteiger partial charge on any atom is -0.484 e. The van der Waals surface area contributed by atoms with Gasteiger partial charge >= 0.3 is 0 Å². The summed E-state index contributed by atoms with van der Waals surface area (Å²) in [6, 6.07) is 7.56. The highest BCUT2D eigenvalue weighted by atomic mass is 16.5. The molecule has 94 valence electrons. The summed E-state index contributed by atoms with van der Waals surface area (Å²) in [5, 5.41) is 9.02. The molecular weight excluding hydrogens is 232 g/mol. The first-order valence-electron chi connectivity index (χ1n) is 5.55. The number of nitrogens with zero attached hydrogens (tertiary/aromatic N) is 2. The molecule has 0 aliphatic heterocycles. The second-order valence-electron chi connectivity index (χ2n) is 3.76. The molecule has 6 heteroatoms. The zero-order valence-corrected chi connectivity index (χ0v) is 10.0. The first-order chi connectivity index (χ1) is 8.75. The number of benzene rings is 1. The van der Waals surface area contributed by atoms with Gasteiger partial charge in [-0.15, -0.1) is 0 Å². The zero-order valence-electron chi connectivity index (χ0n) is 10.0. The van der Waals surface area contributed by atoms with E-state index in [-0.39, 0.29) is 12.5 Å². The monoisotopic (exact) mass is 246 g/mol. The molecule has 0 saturated heterocycles. The number of aromatic amines is 1. The number of amides is 1. The lowest BCUT2D eigenvalue weighted by atomic mass is 10.2. The molecule has 0 fully saturated rings. The number of carbonyl (C=O) groups excluding carboxylic acids is 1. The Balaban J connectivity index is 1.77. The molecule has 0 aliphatic carbocycles. The van der Waals surface area contributed by atoms with E-state index in [0.717, 1.165) is 5.56 Å². The van der Waals surface area contributed by atoms with Crippen molar-refractivity contribution in [1.29, 1.82) is 0 Å². The van der Waals surface area contributed by atoms with E-state index < -0.39 is 0 Å². The quantitative estimate of drug-likeness (QED) is 0.818. The fraction of sp³-hybridized carbons (Fsp3) is 0.250. The van der Waals surface area contributed by atoms with Crippen molar-refractivity contribution in [2.75, 3.05) is 6.61 Å². The van der Waals surface area contributed by atoms with E-state index in [9.17, 15) is 4.79 Å². The minimum absolute atomic E-state index is 0.0149. The fourth-order valence-corrected chi connectivity index (χ4v) is 1.41. The Hall–Kier alpha value is -2.37. The van der Waals surface area contributed by atoms with Crippen molar-refractivity contribution in [3.63, 3.8) is 0 Å². The summed E-state index contributed by atoms with van der Waals surface area (Å²) in [4.78, 5) is 15.4. The van der Waals surface area contributed by atoms with Gasteiger partial charge in [-0.25, -0.2) is 4.98 Å². The van der Waals surface area contributed by atoms with Gasteiger partial charge in [-0.1, -0.05) is 18.2 Å². The molecule has 2 N–H and O–H groups in total. The lowest BCUT2D eigenvalue weighted by Crippen LogP contribution is -2.28. The molecule has 0 saturated carbocycles. The van der Waals surface area contributed by atoms with Gasteiger partial charge in [0.25, 0.3) is 5.91 Å². The summed E-state index contributed by atoms with van der Waals surface area (Å²) in [7, 11) is 0. The van der Waals surface area contributed by atoms with E-state index in [1.807, 2.05) is 31.2 Å². The second-order valence-corrected chi connectivity index (χ2v) is 3.76. The largest absolute Gasteiger partial charge is 0.484 e. The van der Waals surface area contributed by atoms with Crippen molar-refractivity contribution in [2.24, 2.45) is 0 Å². The zero-order chi connectivity index (χ0) is 12.8. The highest BCUT2D eigenvalue weighted by Gasteiger charge is 2.05. The van der Waals surface area contributed by atoms with Crippen LogP contribution in [0, 0.1) is 6.92 Å². The highest BCUT2D eigenvalue weighted by Crippen LogP contribution is 2.15. The molecule has 0 radical (unpaired) electrons. The standard InChI is InChI=1S/C12H14N4O2/c1-9-4-2-3-5-10(9)18-7-12(17)13-6-11-14-8-15-16-11/h2-5,8H,6-7H2,1H3,(H,13,17)(H,14,15,16). The van der Waals surface area contributed by atoms with Gasteiger partial charge in [0.2, 0.25) is 0 Å². The van der Waals surface area contributed by atoms with Gasteiger partial charge in [0.1, 0.15) is 17.9 Å². The lowest BCUT2D eigenvalue weighted by Gasteiger charge is -2.08. The SMILES string of the molecule is Cc1ccccc1OCC(=O)NCc1ncn[nH]1. The molecule has 1 aromatic carbocycles. The van der Waals surface area contributed by atoms with Gasteiger partial charge in [0.05, 0.1) is 6.54 Å². The first-order valence-corrected chi connectivity index (χ1v) is 5.55. The Morgan fingerprint density at radius 1 is 1.44 bits per heavy atom. The summed E-state index contributed by atoms with van der Waals surface area (Å²) in [6.07, 6.45) is 1.39. The van der Waals surface area contributed by atoms with Gasteiger partial charge in [-0.3, -0.25) is 9.89 Å². The number of hydrogen-bond acceptors (Lipinski definition) is 4. The molecule has 1 aromatic heterocycles. The normalized spacial score (nSPS) is 10.1. The van der Waals surface area contributed by atoms with Gasteiger partial charge in [0, 0.05) is 0 Å². The Bertz CT molecular complexity index is 511. The Morgan fingerprint density at radius 3 is 3.00 bits per heavy atom. The molecule has 0 atom stereocenters. The van der Waals surface area contributed by atoms with E-state index in [1.165, 1.54) is 6.33 Å². The van der Waals surface area contributed by atoms with Crippen molar-refractivity contribution in [3.05, 3.63) is 42.0 Å². The lowest BCUT2D eigenvalue weighted by molar-refractivity contribution is -0.123. The molecule has 2 rings (SSSR count). The number of para-hydroxylation sites is 1. The Kier molecular flexibility index (Phi) is 3.90. The molecule has 2 aromatic rings. The highest BCUT2D eigenvalue weighted by molar-refractivity contribution is 5.77. The third kappa shape index (κ3) is 3.31. The van der Waals surface area contributed by atoms with Crippen LogP contribution in [0.3, 0.4) is 0 Å². The van der Waals surface area contributed by atoms with Crippen LogP contribution in [0.2, 0.25) is 0 Å². The van der Waals surface area contributed by atoms with Crippen molar-refractivity contribution in [2.45, 2.75) is 13.5 Å². The molecule has 18 heavy (non-hydrogen) atoms. The van der Waals surface area contributed by atoms with Crippen LogP contribution in [0.4, 0.5) is 0 Å². The van der Waals surface area contributed by atoms with Crippen molar-refractivity contribution >= 4 is 5.91 Å². The molecule has 0 aliphatic rings. The molecule has 0 bridgehead atoms. The maximum atomic E-state index is 11.5. The molecule has 1 heterocycles. The Morgan fingerprint density at radius 2 is 2.28 bits per heavy atom. The molecule has 1 amide bonds. The smallest absolute Gasteiger partial charge is 0.258 e. The summed E-state index contributed by atoms with van der Waals surface area (Å²) in [5.74, 6) is 1.13. The van der Waals surface area contributed by atoms with Crippen LogP contribution in [-0.2, 0) is 11.3 Å². The van der Waals surface area contributed by atoms with Gasteiger partial charge in [-0.05, 0) is 18.6 Å². The van der Waals surface area contributed by atoms with Crippen molar-refractivity contribution < 1.29 is 9.53 Å². The first kappa shape index (κ1) is 12.1. The maximum absolute atomic E-state index is 11.5. The van der Waals surface area contributed by atoms with Crippen molar-refractivity contribution in [1.82, 2.24) is 20.5 Å². The number of aryl methyl sites for hydroxylation is 1. The average Bonchev–Trinajstić information content (AvgIpc) is 2.88. The average molecular weight is 246 g/mol. The maximum Gasteiger partial charge on any atom is 0.258 e. The number of hydrogen-bond donors (Lipinski definition) is 2. The van der Waals surface area contributed by atoms with Gasteiger partial charge < -0.3 is 10.1 Å². The molecule has 6 nitrogen and oxygen atoms in total. The predicted octanol–water partition coefficient (Wildman–Crippen LogP) is 0.808. The van der Waals surface area contributed by atoms with Crippen LogP contribution >= 0.6 is 0 Å². The Labute approximate surface area is 104 Å². The number of H-pyrrole nitrogens is 1. The fourth-order valence-electron chi connectivity index (χ4n) is 1.41. The van der Waals surface area contributed by atoms with Crippen LogP contribution in [0.25, 0.3) is 0 Å². The summed E-state index contributed by atoms with van der Waals surface area (Å²) in [5.41, 5.74) is 1.00. The number of aromatic nitrogens is 3. The topological polar surface area (TPSA) is 79.9 Å². The van der Waals surface area contributed by atoms with Crippen LogP contribution in [0.15, 0.2) is 30.6 Å². The molecule has 0 spiro atoms. The van der Waals surface area contributed by atoms with Gasteiger partial charge in [-0.2, -0.15) is 5.10 Å². The predicted molar refractivity (Wildman–Crippen MR) is 64.9 cm³/mol. The van der Waals surface area contributed by atoms with Gasteiger partial charge in [0.15, 0.2) is 6.61 Å². The van der Waals surface area contributed by atoms with Crippen molar-refractivity contribution in [3.8, 4) is 5.75 Å². The van der Waals surface area contributed by atoms with E-state index in [1.54, 1.807) is 0 Å². The van der Waals surface area contributed by atoms with Crippen LogP contribution in [0.5, 0.6) is 5.75 Å². The summed E-state index contributed by atoms with van der Waals surface area (Å²) >= 11 is 0. The number of rotatable bonds is 5. The number of nitrogens with one attached hydrogen (secondary N) is 2. The number of carbonyl (C=O) groups is 1. The van der Waals surface area contributed by atoms with Crippen LogP contribution in [-0.4, -0.2) is 27.7 Å². The van der Waals surface area contributed by atoms with E-state index in [0.29, 0.717) is 18.1 Å². The van der Waals surface area contributed by atoms with E-state index in [2.05, 4.69) is 20.5 Å². The van der Waals surface area contributed by atoms with E-state index in [4.69, 9.17) is 4.74 Å². The summed E-state index contributed by atoms with van der Waals surface area (Å²) < 4.78 is 5.41. The molecular formula is C12H14N4O2. The minimum atomic E-state index is -0.199.